The second-order valence-electron chi connectivity index (χ2n) is 8.71. The van der Waals surface area contributed by atoms with Crippen molar-refractivity contribution in [3.05, 3.63) is 64.7 Å². The highest BCUT2D eigenvalue weighted by molar-refractivity contribution is 6.01. The summed E-state index contributed by atoms with van der Waals surface area (Å²) in [6.45, 7) is 2.89. The number of aryl methyl sites for hydroxylation is 2. The van der Waals surface area contributed by atoms with Gasteiger partial charge in [0.05, 0.1) is 5.69 Å². The highest BCUT2D eigenvalue weighted by Crippen LogP contribution is 2.36. The van der Waals surface area contributed by atoms with Crippen LogP contribution in [0.3, 0.4) is 0 Å². The van der Waals surface area contributed by atoms with E-state index in [2.05, 4.69) is 54.4 Å². The van der Waals surface area contributed by atoms with E-state index in [1.165, 1.54) is 16.7 Å². The number of Topliss-reactive ketones (excluding diaryl/α,β-unsaturated/α-hetero) is 1. The van der Waals surface area contributed by atoms with Gasteiger partial charge in [-0.2, -0.15) is 0 Å². The molecule has 2 heterocycles. The first kappa shape index (κ1) is 20.8. The fourth-order valence-corrected chi connectivity index (χ4v) is 4.70. The number of unbranched alkanes of at least 4 members (excludes halogenated alkanes) is 1. The van der Waals surface area contributed by atoms with Gasteiger partial charge in [0.25, 0.3) is 0 Å². The smallest absolute Gasteiger partial charge is 0.227 e. The third kappa shape index (κ3) is 4.81. The Kier molecular flexibility index (Phi) is 6.63. The van der Waals surface area contributed by atoms with Gasteiger partial charge in [0, 0.05) is 31.5 Å². The standard InChI is InChI=1S/C26H32N2O2/c1-27(17-14-20-8-3-2-4-9-20)15-6-5-11-24(29)23-18-21-10-7-16-28-25(30)13-12-22(19-23)26(21)28/h2-4,8-9,18-19H,5-7,10-17H2,1H3. The molecule has 0 saturated carbocycles. The Hall–Kier alpha value is -2.46. The fourth-order valence-electron chi connectivity index (χ4n) is 4.70. The SMILES string of the molecule is CN(CCCCC(=O)c1cc2c3c(c1)CCC(=O)N3CCC2)CCc1ccccc1. The van der Waals surface area contributed by atoms with Crippen LogP contribution < -0.4 is 4.90 Å². The van der Waals surface area contributed by atoms with Gasteiger partial charge in [-0.1, -0.05) is 30.3 Å². The average Bonchev–Trinajstić information content (AvgIpc) is 2.78. The second kappa shape index (κ2) is 9.57. The van der Waals surface area contributed by atoms with Crippen LogP contribution in [0.2, 0.25) is 0 Å². The summed E-state index contributed by atoms with van der Waals surface area (Å²) in [5.41, 5.74) is 5.70. The van der Waals surface area contributed by atoms with Crippen LogP contribution in [-0.4, -0.2) is 43.3 Å². The largest absolute Gasteiger partial charge is 0.312 e. The summed E-state index contributed by atoms with van der Waals surface area (Å²) in [4.78, 5) is 29.3. The van der Waals surface area contributed by atoms with Crippen LogP contribution >= 0.6 is 0 Å². The molecule has 0 unspecified atom stereocenters. The summed E-state index contributed by atoms with van der Waals surface area (Å²) in [6.07, 6.45) is 6.93. The molecule has 2 aromatic rings. The van der Waals surface area contributed by atoms with Crippen LogP contribution in [0.1, 0.15) is 59.2 Å². The van der Waals surface area contributed by atoms with Crippen LogP contribution in [-0.2, 0) is 24.1 Å². The predicted octanol–water partition coefficient (Wildman–Crippen LogP) is 4.44. The molecule has 0 aliphatic carbocycles. The van der Waals surface area contributed by atoms with E-state index in [-0.39, 0.29) is 11.7 Å². The monoisotopic (exact) mass is 404 g/mol. The molecule has 0 aromatic heterocycles. The quantitative estimate of drug-likeness (QED) is 0.458. The molecule has 0 saturated heterocycles. The van der Waals surface area contributed by atoms with Crippen LogP contribution in [0.5, 0.6) is 0 Å². The normalized spacial score (nSPS) is 15.4. The first-order valence-corrected chi connectivity index (χ1v) is 11.3. The van der Waals surface area contributed by atoms with Crippen LogP contribution in [0, 0.1) is 0 Å². The van der Waals surface area contributed by atoms with E-state index < -0.39 is 0 Å². The molecular weight excluding hydrogens is 372 g/mol. The number of hydrogen-bond acceptors (Lipinski definition) is 3. The summed E-state index contributed by atoms with van der Waals surface area (Å²) in [7, 11) is 2.16. The van der Waals surface area contributed by atoms with Crippen molar-refractivity contribution in [3.63, 3.8) is 0 Å². The zero-order valence-electron chi connectivity index (χ0n) is 18.0. The summed E-state index contributed by atoms with van der Waals surface area (Å²) in [5, 5.41) is 0. The molecule has 30 heavy (non-hydrogen) atoms. The maximum Gasteiger partial charge on any atom is 0.227 e. The molecule has 2 aliphatic heterocycles. The molecule has 2 aliphatic rings. The Morgan fingerprint density at radius 2 is 1.77 bits per heavy atom. The number of likely N-dealkylation sites (N-methyl/N-ethyl adjacent to an activating group) is 1. The number of carbonyl (C=O) groups is 2. The lowest BCUT2D eigenvalue weighted by molar-refractivity contribution is -0.119. The van der Waals surface area contributed by atoms with E-state index >= 15 is 0 Å². The minimum atomic E-state index is 0.235. The fraction of sp³-hybridized carbons (Fsp3) is 0.462. The van der Waals surface area contributed by atoms with Crippen LogP contribution in [0.15, 0.2) is 42.5 Å². The molecule has 4 heteroatoms. The van der Waals surface area contributed by atoms with Gasteiger partial charge in [0.15, 0.2) is 5.78 Å². The van der Waals surface area contributed by atoms with Crippen molar-refractivity contribution in [2.75, 3.05) is 31.6 Å². The van der Waals surface area contributed by atoms with E-state index in [0.717, 1.165) is 69.4 Å². The number of amides is 1. The molecule has 4 nitrogen and oxygen atoms in total. The molecule has 2 aromatic carbocycles. The lowest BCUT2D eigenvalue weighted by Gasteiger charge is -2.35. The predicted molar refractivity (Wildman–Crippen MR) is 121 cm³/mol. The number of rotatable bonds is 9. The third-order valence-electron chi connectivity index (χ3n) is 6.42. The van der Waals surface area contributed by atoms with Gasteiger partial charge >= 0.3 is 0 Å². The van der Waals surface area contributed by atoms with Gasteiger partial charge in [-0.3, -0.25) is 9.59 Å². The van der Waals surface area contributed by atoms with E-state index in [0.29, 0.717) is 12.8 Å². The van der Waals surface area contributed by atoms with Crippen LogP contribution in [0.25, 0.3) is 0 Å². The maximum atomic E-state index is 12.8. The van der Waals surface area contributed by atoms with Crippen molar-refractivity contribution in [3.8, 4) is 0 Å². The van der Waals surface area contributed by atoms with Crippen molar-refractivity contribution < 1.29 is 9.59 Å². The van der Waals surface area contributed by atoms with E-state index in [4.69, 9.17) is 0 Å². The zero-order valence-corrected chi connectivity index (χ0v) is 18.0. The number of benzene rings is 2. The number of anilines is 1. The molecule has 0 radical (unpaired) electrons. The van der Waals surface area contributed by atoms with E-state index in [1.807, 2.05) is 4.90 Å². The van der Waals surface area contributed by atoms with Gasteiger partial charge in [-0.05, 0) is 80.9 Å². The Labute approximate surface area is 179 Å². The highest BCUT2D eigenvalue weighted by atomic mass is 16.2. The molecule has 0 spiro atoms. The third-order valence-corrected chi connectivity index (χ3v) is 6.42. The van der Waals surface area contributed by atoms with Crippen LogP contribution in [0.4, 0.5) is 5.69 Å². The van der Waals surface area contributed by atoms with Gasteiger partial charge < -0.3 is 9.80 Å². The zero-order chi connectivity index (χ0) is 20.9. The molecule has 0 atom stereocenters. The lowest BCUT2D eigenvalue weighted by Crippen LogP contribution is -2.39. The van der Waals surface area contributed by atoms with Crippen molar-refractivity contribution in [1.82, 2.24) is 4.90 Å². The number of ketones is 1. The summed E-state index contributed by atoms with van der Waals surface area (Å²) in [6, 6.07) is 14.7. The number of hydrogen-bond donors (Lipinski definition) is 0. The lowest BCUT2D eigenvalue weighted by atomic mass is 9.88. The maximum absolute atomic E-state index is 12.8. The molecule has 0 bridgehead atoms. The van der Waals surface area contributed by atoms with Gasteiger partial charge in [-0.25, -0.2) is 0 Å². The molecular formula is C26H32N2O2. The minimum absolute atomic E-state index is 0.235. The molecule has 158 valence electrons. The molecule has 1 amide bonds. The first-order valence-electron chi connectivity index (χ1n) is 11.3. The van der Waals surface area contributed by atoms with Crippen molar-refractivity contribution >= 4 is 17.4 Å². The molecule has 0 fully saturated rings. The Balaban J connectivity index is 1.26. The summed E-state index contributed by atoms with van der Waals surface area (Å²) < 4.78 is 0. The molecule has 0 N–H and O–H groups in total. The average molecular weight is 405 g/mol. The number of nitrogens with zero attached hydrogens (tertiary/aromatic N) is 2. The Bertz CT molecular complexity index is 889. The van der Waals surface area contributed by atoms with E-state index in [9.17, 15) is 9.59 Å². The van der Waals surface area contributed by atoms with Gasteiger partial charge in [0.2, 0.25) is 5.91 Å². The van der Waals surface area contributed by atoms with Gasteiger partial charge in [-0.15, -0.1) is 0 Å². The number of carbonyl (C=O) groups excluding carboxylic acids is 2. The minimum Gasteiger partial charge on any atom is -0.312 e. The van der Waals surface area contributed by atoms with E-state index in [1.54, 1.807) is 0 Å². The second-order valence-corrected chi connectivity index (χ2v) is 8.71. The van der Waals surface area contributed by atoms with Crippen molar-refractivity contribution in [2.45, 2.75) is 51.4 Å². The van der Waals surface area contributed by atoms with Crippen molar-refractivity contribution in [2.24, 2.45) is 0 Å². The van der Waals surface area contributed by atoms with Gasteiger partial charge in [0.1, 0.15) is 0 Å². The molecule has 4 rings (SSSR count). The summed E-state index contributed by atoms with van der Waals surface area (Å²) >= 11 is 0. The summed E-state index contributed by atoms with van der Waals surface area (Å²) in [5.74, 6) is 0.480. The first-order chi connectivity index (χ1) is 14.6. The van der Waals surface area contributed by atoms with Crippen molar-refractivity contribution in [1.29, 1.82) is 0 Å². The highest BCUT2D eigenvalue weighted by Gasteiger charge is 2.30. The Morgan fingerprint density at radius 1 is 1.00 bits per heavy atom. The topological polar surface area (TPSA) is 40.6 Å². The Morgan fingerprint density at radius 3 is 2.57 bits per heavy atom.